The third-order valence-corrected chi connectivity index (χ3v) is 6.37. The lowest BCUT2D eigenvalue weighted by Crippen LogP contribution is -2.22. The minimum absolute atomic E-state index is 0.159. The molecular formula is C24H22Cl2N2O3S. The molecule has 3 rings (SSSR count). The summed E-state index contributed by atoms with van der Waals surface area (Å²) in [6, 6.07) is 17.5. The summed E-state index contributed by atoms with van der Waals surface area (Å²) in [6.07, 6.45) is 0. The zero-order valence-corrected chi connectivity index (χ0v) is 20.1. The summed E-state index contributed by atoms with van der Waals surface area (Å²) in [7, 11) is 1.53. The predicted octanol–water partition coefficient (Wildman–Crippen LogP) is 6.68. The van der Waals surface area contributed by atoms with Crippen LogP contribution < -0.4 is 15.4 Å². The van der Waals surface area contributed by atoms with Crippen molar-refractivity contribution in [1.82, 2.24) is 0 Å². The summed E-state index contributed by atoms with van der Waals surface area (Å²) in [5.41, 5.74) is 2.55. The number of ether oxygens (including phenoxy) is 1. The summed E-state index contributed by atoms with van der Waals surface area (Å²) in [5, 5.41) is 6.45. The zero-order chi connectivity index (χ0) is 23.3. The molecule has 0 aliphatic heterocycles. The van der Waals surface area contributed by atoms with Crippen molar-refractivity contribution >= 4 is 58.2 Å². The Morgan fingerprint density at radius 3 is 2.38 bits per heavy atom. The van der Waals surface area contributed by atoms with E-state index in [0.717, 1.165) is 10.5 Å². The summed E-state index contributed by atoms with van der Waals surface area (Å²) in [4.78, 5) is 25.9. The molecule has 1 atom stereocenters. The number of hydrogen-bond acceptors (Lipinski definition) is 4. The second-order valence-corrected chi connectivity index (χ2v) is 9.30. The maximum atomic E-state index is 12.7. The molecule has 166 valence electrons. The second-order valence-electron chi connectivity index (χ2n) is 7.04. The summed E-state index contributed by atoms with van der Waals surface area (Å²) < 4.78 is 5.32. The average molecular weight is 489 g/mol. The Balaban J connectivity index is 1.61. The van der Waals surface area contributed by atoms with Crippen LogP contribution >= 0.6 is 35.0 Å². The molecule has 0 saturated heterocycles. The van der Waals surface area contributed by atoms with Gasteiger partial charge in [0.05, 0.1) is 18.0 Å². The van der Waals surface area contributed by atoms with Gasteiger partial charge in [0.15, 0.2) is 0 Å². The minimum atomic E-state index is -0.359. The maximum Gasteiger partial charge on any atom is 0.255 e. The molecule has 0 heterocycles. The first-order valence-corrected chi connectivity index (χ1v) is 11.4. The fraction of sp³-hybridized carbons (Fsp3) is 0.167. The van der Waals surface area contributed by atoms with Gasteiger partial charge in [-0.25, -0.2) is 0 Å². The Hall–Kier alpha value is -2.67. The Morgan fingerprint density at radius 1 is 1.00 bits per heavy atom. The molecular weight excluding hydrogens is 467 g/mol. The van der Waals surface area contributed by atoms with Crippen molar-refractivity contribution in [3.05, 3.63) is 81.8 Å². The van der Waals surface area contributed by atoms with Gasteiger partial charge >= 0.3 is 0 Å². The molecule has 3 aromatic carbocycles. The lowest BCUT2D eigenvalue weighted by atomic mass is 10.2. The molecule has 0 bridgehead atoms. The number of carbonyl (C=O) groups is 2. The highest BCUT2D eigenvalue weighted by atomic mass is 35.5. The lowest BCUT2D eigenvalue weighted by molar-refractivity contribution is -0.115. The second kappa shape index (κ2) is 10.8. The van der Waals surface area contributed by atoms with Crippen LogP contribution in [0.1, 0.15) is 22.8 Å². The van der Waals surface area contributed by atoms with Gasteiger partial charge in [-0.2, -0.15) is 0 Å². The van der Waals surface area contributed by atoms with Gasteiger partial charge in [-0.3, -0.25) is 9.59 Å². The first kappa shape index (κ1) is 24.0. The van der Waals surface area contributed by atoms with Crippen molar-refractivity contribution < 1.29 is 14.3 Å². The number of carbonyl (C=O) groups excluding carboxylic acids is 2. The molecule has 0 saturated carbocycles. The number of methoxy groups -OCH3 is 1. The number of hydrogen-bond donors (Lipinski definition) is 2. The molecule has 0 aliphatic rings. The average Bonchev–Trinajstić information content (AvgIpc) is 2.77. The minimum Gasteiger partial charge on any atom is -0.495 e. The van der Waals surface area contributed by atoms with E-state index in [1.54, 1.807) is 48.5 Å². The molecule has 0 spiro atoms. The van der Waals surface area contributed by atoms with E-state index in [9.17, 15) is 9.59 Å². The lowest BCUT2D eigenvalue weighted by Gasteiger charge is -2.15. The first-order valence-electron chi connectivity index (χ1n) is 9.75. The van der Waals surface area contributed by atoms with Crippen molar-refractivity contribution in [1.29, 1.82) is 0 Å². The number of thioether (sulfide) groups is 1. The Labute approximate surface area is 201 Å². The SMILES string of the molecule is COc1cc(Cl)c(C)cc1NC(=O)C(C)Sc1ccc(NC(=O)c2cccc(Cl)c2)cc1. The van der Waals surface area contributed by atoms with Gasteiger partial charge in [-0.1, -0.05) is 29.3 Å². The van der Waals surface area contributed by atoms with Crippen LogP contribution in [0.4, 0.5) is 11.4 Å². The first-order chi connectivity index (χ1) is 15.3. The Kier molecular flexibility index (Phi) is 8.07. The summed E-state index contributed by atoms with van der Waals surface area (Å²) in [5.74, 6) is 0.104. The third-order valence-electron chi connectivity index (χ3n) is 4.62. The van der Waals surface area contributed by atoms with E-state index < -0.39 is 0 Å². The molecule has 5 nitrogen and oxygen atoms in total. The maximum absolute atomic E-state index is 12.7. The smallest absolute Gasteiger partial charge is 0.255 e. The van der Waals surface area contributed by atoms with E-state index in [-0.39, 0.29) is 17.1 Å². The van der Waals surface area contributed by atoms with Crippen molar-refractivity contribution in [3.8, 4) is 5.75 Å². The van der Waals surface area contributed by atoms with Crippen molar-refractivity contribution in [2.24, 2.45) is 0 Å². The van der Waals surface area contributed by atoms with E-state index in [1.165, 1.54) is 18.9 Å². The fourth-order valence-corrected chi connectivity index (χ4v) is 4.08. The molecule has 2 amide bonds. The summed E-state index contributed by atoms with van der Waals surface area (Å²) in [6.45, 7) is 3.69. The van der Waals surface area contributed by atoms with Gasteiger partial charge < -0.3 is 15.4 Å². The summed E-state index contributed by atoms with van der Waals surface area (Å²) >= 11 is 13.5. The Bertz CT molecular complexity index is 1140. The van der Waals surface area contributed by atoms with Gasteiger partial charge in [0.2, 0.25) is 5.91 Å². The number of rotatable bonds is 7. The number of anilines is 2. The van der Waals surface area contributed by atoms with E-state index in [1.807, 2.05) is 26.0 Å². The van der Waals surface area contributed by atoms with Crippen LogP contribution in [-0.4, -0.2) is 24.2 Å². The molecule has 0 radical (unpaired) electrons. The molecule has 0 aromatic heterocycles. The number of halogens is 2. The van der Waals surface area contributed by atoms with Crippen LogP contribution in [0.3, 0.4) is 0 Å². The van der Waals surface area contributed by atoms with Crippen LogP contribution in [0.25, 0.3) is 0 Å². The van der Waals surface area contributed by atoms with Crippen molar-refractivity contribution in [2.75, 3.05) is 17.7 Å². The fourth-order valence-electron chi connectivity index (χ4n) is 2.87. The highest BCUT2D eigenvalue weighted by Crippen LogP contribution is 2.32. The standard InChI is InChI=1S/C24H22Cl2N2O3S/c1-14-11-21(22(31-3)13-20(14)26)28-23(29)15(2)32-19-9-7-18(8-10-19)27-24(30)16-5-4-6-17(25)12-16/h4-13,15H,1-3H3,(H,27,30)(H,28,29). The van der Waals surface area contributed by atoms with Gasteiger partial charge in [0.1, 0.15) is 5.75 Å². The molecule has 1 unspecified atom stereocenters. The van der Waals surface area contributed by atoms with Crippen LogP contribution in [0.2, 0.25) is 10.0 Å². The predicted molar refractivity (Wildman–Crippen MR) is 133 cm³/mol. The molecule has 8 heteroatoms. The van der Waals surface area contributed by atoms with E-state index >= 15 is 0 Å². The topological polar surface area (TPSA) is 67.4 Å². The molecule has 2 N–H and O–H groups in total. The van der Waals surface area contributed by atoms with Crippen LogP contribution in [0, 0.1) is 6.92 Å². The molecule has 0 aliphatic carbocycles. The van der Waals surface area contributed by atoms with E-state index in [4.69, 9.17) is 27.9 Å². The van der Waals surface area contributed by atoms with Crippen LogP contribution in [-0.2, 0) is 4.79 Å². The highest BCUT2D eigenvalue weighted by molar-refractivity contribution is 8.00. The van der Waals surface area contributed by atoms with E-state index in [2.05, 4.69) is 10.6 Å². The van der Waals surface area contributed by atoms with Gasteiger partial charge in [0.25, 0.3) is 5.91 Å². The van der Waals surface area contributed by atoms with Crippen LogP contribution in [0.5, 0.6) is 5.75 Å². The zero-order valence-electron chi connectivity index (χ0n) is 17.7. The largest absolute Gasteiger partial charge is 0.495 e. The number of amides is 2. The number of benzene rings is 3. The van der Waals surface area contributed by atoms with Gasteiger partial charge in [-0.05, 0) is 67.9 Å². The van der Waals surface area contributed by atoms with E-state index in [0.29, 0.717) is 32.7 Å². The normalized spacial score (nSPS) is 11.5. The monoisotopic (exact) mass is 488 g/mol. The molecule has 0 fully saturated rings. The number of nitrogens with one attached hydrogen (secondary N) is 2. The quantitative estimate of drug-likeness (QED) is 0.363. The van der Waals surface area contributed by atoms with Crippen molar-refractivity contribution in [3.63, 3.8) is 0 Å². The van der Waals surface area contributed by atoms with Gasteiger partial charge in [-0.15, -0.1) is 11.8 Å². The number of aryl methyl sites for hydroxylation is 1. The van der Waals surface area contributed by atoms with Crippen LogP contribution in [0.15, 0.2) is 65.6 Å². The molecule has 32 heavy (non-hydrogen) atoms. The molecule has 3 aromatic rings. The third kappa shape index (κ3) is 6.19. The highest BCUT2D eigenvalue weighted by Gasteiger charge is 2.17. The van der Waals surface area contributed by atoms with Crippen molar-refractivity contribution in [2.45, 2.75) is 24.0 Å². The Morgan fingerprint density at radius 2 is 1.72 bits per heavy atom. The van der Waals surface area contributed by atoms with Gasteiger partial charge in [0, 0.05) is 32.3 Å².